The van der Waals surface area contributed by atoms with Crippen LogP contribution in [0.25, 0.3) is 22.0 Å². The van der Waals surface area contributed by atoms with Gasteiger partial charge in [-0.25, -0.2) is 9.67 Å². The molecular formula is C22H18N4O2. The molecule has 0 spiro atoms. The van der Waals surface area contributed by atoms with Gasteiger partial charge in [0.05, 0.1) is 5.69 Å². The van der Waals surface area contributed by atoms with Crippen LogP contribution in [0.5, 0.6) is 0 Å². The maximum atomic E-state index is 12.4. The number of fused-ring (bicyclic) bond motifs is 1. The van der Waals surface area contributed by atoms with Crippen LogP contribution < -0.4 is 10.9 Å². The first kappa shape index (κ1) is 17.6. The molecule has 2 heterocycles. The monoisotopic (exact) mass is 370 g/mol. The lowest BCUT2D eigenvalue weighted by atomic mass is 10.0. The first-order valence-electron chi connectivity index (χ1n) is 8.89. The summed E-state index contributed by atoms with van der Waals surface area (Å²) < 4.78 is 1.17. The Morgan fingerprint density at radius 3 is 2.68 bits per heavy atom. The van der Waals surface area contributed by atoms with Crippen LogP contribution in [0.2, 0.25) is 0 Å². The number of nitrogens with zero attached hydrogens (tertiary/aromatic N) is 3. The van der Waals surface area contributed by atoms with Crippen LogP contribution in [0.3, 0.4) is 0 Å². The number of hydrogen-bond donors (Lipinski definition) is 1. The fourth-order valence-corrected chi connectivity index (χ4v) is 3.08. The third-order valence-electron chi connectivity index (χ3n) is 4.49. The molecule has 28 heavy (non-hydrogen) atoms. The number of carbonyl (C=O) groups excluding carboxylic acids is 1. The number of benzene rings is 2. The summed E-state index contributed by atoms with van der Waals surface area (Å²) in [6.07, 6.45) is 1.61. The van der Waals surface area contributed by atoms with Crippen LogP contribution in [0.4, 0.5) is 5.82 Å². The Morgan fingerprint density at radius 1 is 1.00 bits per heavy atom. The van der Waals surface area contributed by atoms with Crippen LogP contribution in [0, 0.1) is 6.92 Å². The van der Waals surface area contributed by atoms with E-state index in [4.69, 9.17) is 0 Å². The minimum Gasteiger partial charge on any atom is -0.309 e. The second-order valence-corrected chi connectivity index (χ2v) is 6.46. The highest BCUT2D eigenvalue weighted by Gasteiger charge is 2.11. The third kappa shape index (κ3) is 3.53. The van der Waals surface area contributed by atoms with E-state index in [2.05, 4.69) is 15.4 Å². The maximum absolute atomic E-state index is 12.4. The molecule has 0 unspecified atom stereocenters. The van der Waals surface area contributed by atoms with Crippen molar-refractivity contribution in [1.82, 2.24) is 14.8 Å². The fraction of sp³-hybridized carbons (Fsp3) is 0.0909. The summed E-state index contributed by atoms with van der Waals surface area (Å²) >= 11 is 0. The van der Waals surface area contributed by atoms with Crippen molar-refractivity contribution in [2.24, 2.45) is 0 Å². The minimum absolute atomic E-state index is 0.187. The van der Waals surface area contributed by atoms with Crippen molar-refractivity contribution in [3.8, 4) is 11.3 Å². The lowest BCUT2D eigenvalue weighted by molar-refractivity contribution is -0.117. The van der Waals surface area contributed by atoms with E-state index in [0.717, 1.165) is 21.9 Å². The third-order valence-corrected chi connectivity index (χ3v) is 4.49. The number of hydrogen-bond acceptors (Lipinski definition) is 4. The van der Waals surface area contributed by atoms with Gasteiger partial charge in [-0.05, 0) is 35.4 Å². The number of carbonyl (C=O) groups is 1. The van der Waals surface area contributed by atoms with Crippen molar-refractivity contribution in [3.63, 3.8) is 0 Å². The zero-order valence-electron chi connectivity index (χ0n) is 15.3. The van der Waals surface area contributed by atoms with Gasteiger partial charge in [-0.15, -0.1) is 0 Å². The summed E-state index contributed by atoms with van der Waals surface area (Å²) in [5.41, 5.74) is 2.06. The Morgan fingerprint density at radius 2 is 1.82 bits per heavy atom. The normalized spacial score (nSPS) is 10.8. The average Bonchev–Trinajstić information content (AvgIpc) is 2.71. The molecular weight excluding hydrogens is 352 g/mol. The Labute approximate surface area is 161 Å². The molecule has 0 saturated heterocycles. The SMILES string of the molecule is Cc1cccnc1NC(=O)Cn1nc(-c2cccc3ccccc23)ccc1=O. The molecule has 2 aromatic carbocycles. The number of anilines is 1. The Hall–Kier alpha value is -3.80. The number of aromatic nitrogens is 3. The molecule has 138 valence electrons. The molecule has 1 amide bonds. The number of pyridine rings is 1. The lowest BCUT2D eigenvalue weighted by Crippen LogP contribution is -2.29. The highest BCUT2D eigenvalue weighted by atomic mass is 16.2. The minimum atomic E-state index is -0.355. The zero-order valence-corrected chi connectivity index (χ0v) is 15.3. The van der Waals surface area contributed by atoms with Crippen LogP contribution in [0.15, 0.2) is 77.7 Å². The van der Waals surface area contributed by atoms with E-state index < -0.39 is 0 Å². The van der Waals surface area contributed by atoms with Crippen LogP contribution >= 0.6 is 0 Å². The molecule has 0 radical (unpaired) electrons. The Kier molecular flexibility index (Phi) is 4.68. The molecule has 6 nitrogen and oxygen atoms in total. The molecule has 4 rings (SSSR count). The molecule has 0 fully saturated rings. The molecule has 0 saturated carbocycles. The number of aryl methyl sites for hydroxylation is 1. The van der Waals surface area contributed by atoms with Gasteiger partial charge in [0, 0.05) is 17.8 Å². The lowest BCUT2D eigenvalue weighted by Gasteiger charge is -2.10. The quantitative estimate of drug-likeness (QED) is 0.597. The highest BCUT2D eigenvalue weighted by Crippen LogP contribution is 2.26. The first-order valence-corrected chi connectivity index (χ1v) is 8.89. The number of amides is 1. The van der Waals surface area contributed by atoms with Crippen molar-refractivity contribution in [2.75, 3.05) is 5.32 Å². The van der Waals surface area contributed by atoms with Crippen molar-refractivity contribution in [1.29, 1.82) is 0 Å². The van der Waals surface area contributed by atoms with Crippen molar-refractivity contribution in [3.05, 3.63) is 88.8 Å². The van der Waals surface area contributed by atoms with E-state index in [1.807, 2.05) is 55.5 Å². The topological polar surface area (TPSA) is 76.9 Å². The molecule has 0 aliphatic rings. The second-order valence-electron chi connectivity index (χ2n) is 6.46. The van der Waals surface area contributed by atoms with Crippen LogP contribution in [-0.4, -0.2) is 20.7 Å². The van der Waals surface area contributed by atoms with Gasteiger partial charge in [0.1, 0.15) is 12.4 Å². The summed E-state index contributed by atoms with van der Waals surface area (Å²) in [5.74, 6) is 0.122. The number of nitrogens with one attached hydrogen (secondary N) is 1. The van der Waals surface area contributed by atoms with Gasteiger partial charge in [0.15, 0.2) is 0 Å². The second kappa shape index (κ2) is 7.44. The van der Waals surface area contributed by atoms with E-state index >= 15 is 0 Å². The van der Waals surface area contributed by atoms with Gasteiger partial charge in [-0.2, -0.15) is 5.10 Å². The molecule has 0 aliphatic heterocycles. The van der Waals surface area contributed by atoms with E-state index in [9.17, 15) is 9.59 Å². The van der Waals surface area contributed by atoms with Crippen molar-refractivity contribution >= 4 is 22.5 Å². The summed E-state index contributed by atoms with van der Waals surface area (Å²) in [7, 11) is 0. The van der Waals surface area contributed by atoms with E-state index in [0.29, 0.717) is 11.5 Å². The van der Waals surface area contributed by atoms with Gasteiger partial charge in [-0.1, -0.05) is 48.5 Å². The highest BCUT2D eigenvalue weighted by molar-refractivity contribution is 5.95. The van der Waals surface area contributed by atoms with Crippen LogP contribution in [0.1, 0.15) is 5.56 Å². The molecule has 0 bridgehead atoms. The van der Waals surface area contributed by atoms with E-state index in [1.54, 1.807) is 18.3 Å². The largest absolute Gasteiger partial charge is 0.309 e. The van der Waals surface area contributed by atoms with Gasteiger partial charge < -0.3 is 5.32 Å². The van der Waals surface area contributed by atoms with Gasteiger partial charge in [0.25, 0.3) is 5.56 Å². The molecule has 0 atom stereocenters. The predicted octanol–water partition coefficient (Wildman–Crippen LogP) is 3.41. The summed E-state index contributed by atoms with van der Waals surface area (Å²) in [4.78, 5) is 28.8. The smallest absolute Gasteiger partial charge is 0.267 e. The van der Waals surface area contributed by atoms with Crippen LogP contribution in [-0.2, 0) is 11.3 Å². The predicted molar refractivity (Wildman–Crippen MR) is 109 cm³/mol. The summed E-state index contributed by atoms with van der Waals surface area (Å²) in [5, 5.41) is 9.27. The number of rotatable bonds is 4. The first-order chi connectivity index (χ1) is 13.6. The molecule has 6 heteroatoms. The standard InChI is InChI=1S/C22H18N4O2/c1-15-6-5-13-23-22(15)24-20(27)14-26-21(28)12-11-19(25-26)18-10-4-8-16-7-2-3-9-17(16)18/h2-13H,14H2,1H3,(H,23,24,27). The fourth-order valence-electron chi connectivity index (χ4n) is 3.08. The van der Waals surface area contributed by atoms with Crippen molar-refractivity contribution in [2.45, 2.75) is 13.5 Å². The Bertz CT molecular complexity index is 1230. The zero-order chi connectivity index (χ0) is 19.5. The van der Waals surface area contributed by atoms with Crippen molar-refractivity contribution < 1.29 is 4.79 Å². The molecule has 2 aromatic heterocycles. The van der Waals surface area contributed by atoms with Gasteiger partial charge in [-0.3, -0.25) is 9.59 Å². The molecule has 4 aromatic rings. The average molecular weight is 370 g/mol. The van der Waals surface area contributed by atoms with Gasteiger partial charge >= 0.3 is 0 Å². The summed E-state index contributed by atoms with van der Waals surface area (Å²) in [6, 6.07) is 20.7. The maximum Gasteiger partial charge on any atom is 0.267 e. The summed E-state index contributed by atoms with van der Waals surface area (Å²) in [6.45, 7) is 1.67. The van der Waals surface area contributed by atoms with E-state index in [1.165, 1.54) is 10.7 Å². The van der Waals surface area contributed by atoms with Gasteiger partial charge in [0.2, 0.25) is 5.91 Å². The molecule has 0 aliphatic carbocycles. The van der Waals surface area contributed by atoms with E-state index in [-0.39, 0.29) is 18.0 Å². The Balaban J connectivity index is 1.65. The molecule has 1 N–H and O–H groups in total.